The topological polar surface area (TPSA) is 61.7 Å². The molecule has 0 fully saturated rings. The van der Waals surface area contributed by atoms with Crippen molar-refractivity contribution in [1.82, 2.24) is 4.98 Å². The molecule has 0 amide bonds. The summed E-state index contributed by atoms with van der Waals surface area (Å²) in [7, 11) is 0. The minimum atomic E-state index is 0.506. The predicted molar refractivity (Wildman–Crippen MR) is 67.3 cm³/mol. The summed E-state index contributed by atoms with van der Waals surface area (Å²) in [5, 5.41) is 3.46. The zero-order valence-electron chi connectivity index (χ0n) is 8.58. The predicted octanol–water partition coefficient (Wildman–Crippen LogP) is 4.01. The van der Waals surface area contributed by atoms with Crippen LogP contribution in [0.15, 0.2) is 34.9 Å². The van der Waals surface area contributed by atoms with E-state index in [9.17, 15) is 0 Å². The summed E-state index contributed by atoms with van der Waals surface area (Å²) in [6.07, 6.45) is 4.78. The number of fused-ring (bicyclic) bond motifs is 1. The van der Waals surface area contributed by atoms with Crippen molar-refractivity contribution in [2.24, 2.45) is 5.11 Å². The van der Waals surface area contributed by atoms with Gasteiger partial charge in [0.15, 0.2) is 0 Å². The van der Waals surface area contributed by atoms with E-state index < -0.39 is 0 Å². The Balaban J connectivity index is 2.05. The van der Waals surface area contributed by atoms with Crippen LogP contribution in [0.1, 0.15) is 12.0 Å². The highest BCUT2D eigenvalue weighted by molar-refractivity contribution is 7.16. The van der Waals surface area contributed by atoms with Gasteiger partial charge in [-0.3, -0.25) is 0 Å². The van der Waals surface area contributed by atoms with E-state index in [0.29, 0.717) is 6.54 Å². The number of thiazole rings is 1. The molecule has 0 unspecified atom stereocenters. The van der Waals surface area contributed by atoms with Gasteiger partial charge in [0.25, 0.3) is 0 Å². The number of hydrogen-bond donors (Lipinski definition) is 0. The number of nitrogens with zero attached hydrogens (tertiary/aromatic N) is 4. The minimum Gasteiger partial charge on any atom is -0.245 e. The monoisotopic (exact) mass is 230 g/mol. The molecule has 2 rings (SSSR count). The third kappa shape index (κ3) is 2.59. The fourth-order valence-corrected chi connectivity index (χ4v) is 2.03. The molecule has 0 aliphatic heterocycles. The van der Waals surface area contributed by atoms with Crippen LogP contribution < -0.4 is 0 Å². The lowest BCUT2D eigenvalue weighted by molar-refractivity contribution is 0.996. The standard InChI is InChI=1S/C11H10N4S/c12-15-14-6-2-1-3-9-4-5-11-10(7-9)13-8-16-11/h1,3-5,7-8H,2,6H2. The first-order valence-corrected chi connectivity index (χ1v) is 5.79. The molecule has 0 atom stereocenters. The molecule has 0 N–H and O–H groups in total. The molecule has 4 nitrogen and oxygen atoms in total. The van der Waals surface area contributed by atoms with Crippen molar-refractivity contribution in [2.45, 2.75) is 6.42 Å². The van der Waals surface area contributed by atoms with Gasteiger partial charge in [0.1, 0.15) is 0 Å². The van der Waals surface area contributed by atoms with Crippen LogP contribution in [0, 0.1) is 0 Å². The third-order valence-corrected chi connectivity index (χ3v) is 2.93. The largest absolute Gasteiger partial charge is 0.245 e. The van der Waals surface area contributed by atoms with Crippen molar-refractivity contribution in [3.05, 3.63) is 45.8 Å². The van der Waals surface area contributed by atoms with Gasteiger partial charge in [0, 0.05) is 11.5 Å². The van der Waals surface area contributed by atoms with Crippen molar-refractivity contribution >= 4 is 27.6 Å². The highest BCUT2D eigenvalue weighted by atomic mass is 32.1. The molecule has 0 saturated heterocycles. The number of rotatable bonds is 4. The van der Waals surface area contributed by atoms with Gasteiger partial charge in [-0.1, -0.05) is 23.3 Å². The highest BCUT2D eigenvalue weighted by Gasteiger charge is 1.95. The summed E-state index contributed by atoms with van der Waals surface area (Å²) in [6.45, 7) is 0.506. The van der Waals surface area contributed by atoms with E-state index in [-0.39, 0.29) is 0 Å². The number of hydrogen-bond acceptors (Lipinski definition) is 3. The molecule has 0 bridgehead atoms. The summed E-state index contributed by atoms with van der Waals surface area (Å²) in [6, 6.07) is 6.18. The number of azide groups is 1. The molecular formula is C11H10N4S. The summed E-state index contributed by atoms with van der Waals surface area (Å²) >= 11 is 1.64. The molecule has 1 aromatic carbocycles. The van der Waals surface area contributed by atoms with Crippen LogP contribution in [0.5, 0.6) is 0 Å². The van der Waals surface area contributed by atoms with Crippen LogP contribution in [-0.2, 0) is 0 Å². The SMILES string of the molecule is [N-]=[N+]=NCCC=Cc1ccc2scnc2c1. The molecule has 0 aliphatic rings. The van der Waals surface area contributed by atoms with Crippen LogP contribution in [0.4, 0.5) is 0 Å². The smallest absolute Gasteiger partial charge is 0.0817 e. The normalized spacial score (nSPS) is 10.8. The number of benzene rings is 1. The summed E-state index contributed by atoms with van der Waals surface area (Å²) < 4.78 is 1.20. The Bertz CT molecular complexity index is 552. The van der Waals surface area contributed by atoms with Gasteiger partial charge in [-0.15, -0.1) is 11.3 Å². The Hall–Kier alpha value is -1.84. The fourth-order valence-electron chi connectivity index (χ4n) is 1.37. The van der Waals surface area contributed by atoms with Gasteiger partial charge in [0.2, 0.25) is 0 Å². The van der Waals surface area contributed by atoms with E-state index >= 15 is 0 Å². The first-order valence-electron chi connectivity index (χ1n) is 4.91. The molecule has 1 heterocycles. The molecule has 5 heteroatoms. The zero-order chi connectivity index (χ0) is 11.2. The number of aromatic nitrogens is 1. The molecule has 1 aromatic heterocycles. The van der Waals surface area contributed by atoms with Gasteiger partial charge >= 0.3 is 0 Å². The summed E-state index contributed by atoms with van der Waals surface area (Å²) in [5.41, 5.74) is 12.1. The first kappa shape index (κ1) is 10.7. The lowest BCUT2D eigenvalue weighted by atomic mass is 10.2. The van der Waals surface area contributed by atoms with E-state index in [4.69, 9.17) is 5.53 Å². The van der Waals surface area contributed by atoms with Gasteiger partial charge in [-0.25, -0.2) is 4.98 Å². The summed E-state index contributed by atoms with van der Waals surface area (Å²) in [5.74, 6) is 0. The maximum Gasteiger partial charge on any atom is 0.0817 e. The van der Waals surface area contributed by atoms with Crippen LogP contribution >= 0.6 is 11.3 Å². The Labute approximate surface area is 96.9 Å². The van der Waals surface area contributed by atoms with Crippen LogP contribution in [-0.4, -0.2) is 11.5 Å². The van der Waals surface area contributed by atoms with E-state index in [0.717, 1.165) is 17.5 Å². The van der Waals surface area contributed by atoms with E-state index in [2.05, 4.69) is 33.2 Å². The molecule has 0 radical (unpaired) electrons. The molecule has 0 spiro atoms. The molecule has 16 heavy (non-hydrogen) atoms. The van der Waals surface area contributed by atoms with Gasteiger partial charge in [-0.2, -0.15) is 0 Å². The minimum absolute atomic E-state index is 0.506. The Morgan fingerprint density at radius 3 is 3.31 bits per heavy atom. The van der Waals surface area contributed by atoms with Crippen LogP contribution in [0.25, 0.3) is 26.7 Å². The first-order chi connectivity index (χ1) is 7.90. The Kier molecular flexibility index (Phi) is 3.53. The average molecular weight is 230 g/mol. The lowest BCUT2D eigenvalue weighted by Gasteiger charge is -1.93. The quantitative estimate of drug-likeness (QED) is 0.339. The lowest BCUT2D eigenvalue weighted by Crippen LogP contribution is -1.75. The average Bonchev–Trinajstić information content (AvgIpc) is 2.76. The van der Waals surface area contributed by atoms with Crippen molar-refractivity contribution in [2.75, 3.05) is 6.54 Å². The van der Waals surface area contributed by atoms with Crippen molar-refractivity contribution in [3.8, 4) is 0 Å². The highest BCUT2D eigenvalue weighted by Crippen LogP contribution is 2.19. The van der Waals surface area contributed by atoms with Crippen LogP contribution in [0.2, 0.25) is 0 Å². The molecule has 80 valence electrons. The van der Waals surface area contributed by atoms with E-state index in [1.165, 1.54) is 4.70 Å². The maximum absolute atomic E-state index is 8.10. The van der Waals surface area contributed by atoms with Gasteiger partial charge in [0.05, 0.1) is 15.7 Å². The summed E-state index contributed by atoms with van der Waals surface area (Å²) in [4.78, 5) is 6.95. The van der Waals surface area contributed by atoms with Crippen molar-refractivity contribution in [3.63, 3.8) is 0 Å². The van der Waals surface area contributed by atoms with Gasteiger partial charge in [-0.05, 0) is 29.6 Å². The van der Waals surface area contributed by atoms with Crippen molar-refractivity contribution in [1.29, 1.82) is 0 Å². The van der Waals surface area contributed by atoms with Crippen LogP contribution in [0.3, 0.4) is 0 Å². The molecule has 0 aliphatic carbocycles. The molecular weight excluding hydrogens is 220 g/mol. The Morgan fingerprint density at radius 2 is 2.44 bits per heavy atom. The van der Waals surface area contributed by atoms with E-state index in [1.807, 2.05) is 17.7 Å². The third-order valence-electron chi connectivity index (χ3n) is 2.12. The molecule has 2 aromatic rings. The second-order valence-electron chi connectivity index (χ2n) is 3.23. The van der Waals surface area contributed by atoms with Crippen molar-refractivity contribution < 1.29 is 0 Å². The second-order valence-corrected chi connectivity index (χ2v) is 4.11. The zero-order valence-corrected chi connectivity index (χ0v) is 9.39. The fraction of sp³-hybridized carbons (Fsp3) is 0.182. The Morgan fingerprint density at radius 1 is 1.50 bits per heavy atom. The molecule has 0 saturated carbocycles. The maximum atomic E-state index is 8.10. The van der Waals surface area contributed by atoms with E-state index in [1.54, 1.807) is 11.3 Å². The second kappa shape index (κ2) is 5.30. The van der Waals surface area contributed by atoms with Gasteiger partial charge < -0.3 is 0 Å².